The number of hydrogen-bond acceptors (Lipinski definition) is 26. The van der Waals surface area contributed by atoms with Gasteiger partial charge in [-0.2, -0.15) is 0 Å². The Morgan fingerprint density at radius 3 is 0.474 bits per heavy atom. The van der Waals surface area contributed by atoms with Crippen molar-refractivity contribution in [3.05, 3.63) is 215 Å². The van der Waals surface area contributed by atoms with Crippen molar-refractivity contribution in [3.8, 4) is 90.5 Å². The van der Waals surface area contributed by atoms with Gasteiger partial charge in [-0.3, -0.25) is 37.5 Å². The van der Waals surface area contributed by atoms with Gasteiger partial charge in [0.1, 0.15) is 144 Å². The first kappa shape index (κ1) is 108. The molecule has 0 unspecified atom stereocenters. The summed E-state index contributed by atoms with van der Waals surface area (Å²) in [5, 5.41) is 69.9. The summed E-state index contributed by atoms with van der Waals surface area (Å²) >= 11 is 0. The number of ether oxygens (including phenoxy) is 8. The van der Waals surface area contributed by atoms with Crippen LogP contribution in [-0.2, 0) is 125 Å². The summed E-state index contributed by atoms with van der Waals surface area (Å²) < 4.78 is 67.7. The van der Waals surface area contributed by atoms with Gasteiger partial charge in [-0.25, -0.2) is 9.97 Å². The average Bonchev–Trinajstić information content (AvgIpc) is 1.61. The molecule has 0 saturated heterocycles. The molecule has 0 N–H and O–H groups in total. The molecule has 0 aliphatic carbocycles. The first-order valence-corrected chi connectivity index (χ1v) is 47.7. The molecule has 2 aliphatic rings. The van der Waals surface area contributed by atoms with E-state index in [0.29, 0.717) is 233 Å². The molecule has 722 valence electrons. The first-order valence-electron chi connectivity index (χ1n) is 47.7. The van der Waals surface area contributed by atoms with Gasteiger partial charge in [0.15, 0.2) is 0 Å². The summed E-state index contributed by atoms with van der Waals surface area (Å²) in [5.41, 5.74) is 14.0. The van der Waals surface area contributed by atoms with Gasteiger partial charge in [-0.15, -0.1) is 62.9 Å². The van der Waals surface area contributed by atoms with E-state index in [2.05, 4.69) is 82.5 Å². The van der Waals surface area contributed by atoms with Gasteiger partial charge in [0, 0.05) is 76.6 Å². The monoisotopic (exact) mass is 1920 g/mol. The smallest absolute Gasteiger partial charge is 0.657 e. The molecule has 0 amide bonds. The van der Waals surface area contributed by atoms with Gasteiger partial charge in [-0.05, 0) is 173 Å². The maximum atomic E-state index is 6.72. The van der Waals surface area contributed by atoms with Gasteiger partial charge in [0.25, 0.3) is 0 Å². The minimum Gasteiger partial charge on any atom is -0.657 e. The molecule has 137 heavy (non-hydrogen) atoms. The van der Waals surface area contributed by atoms with Crippen molar-refractivity contribution in [2.24, 2.45) is 0 Å². The van der Waals surface area contributed by atoms with Crippen molar-refractivity contribution in [1.29, 1.82) is 0 Å². The summed E-state index contributed by atoms with van der Waals surface area (Å²) in [6.07, 6.45) is 22.7. The van der Waals surface area contributed by atoms with Crippen LogP contribution in [0.1, 0.15) is 234 Å². The molecule has 0 spiro atoms. The Morgan fingerprint density at radius 1 is 0.212 bits per heavy atom. The molecule has 11 aromatic heterocycles. The Hall–Kier alpha value is -14.4. The molecule has 17 rings (SSSR count). The molecule has 0 fully saturated rings. The molecule has 36 nitrogen and oxygen atoms in total. The number of hydrogen-bond donors (Lipinski definition) is 0. The second kappa shape index (κ2) is 56.1. The van der Waals surface area contributed by atoms with Crippen molar-refractivity contribution in [1.82, 2.24) is 140 Å². The molecule has 37 heteroatoms. The Morgan fingerprint density at radius 2 is 0.350 bits per heavy atom. The molecule has 2 aliphatic heterocycles. The van der Waals surface area contributed by atoms with Crippen LogP contribution in [0.25, 0.3) is 90.9 Å². The molecular weight excluding hydrogens is 1790 g/mol. The van der Waals surface area contributed by atoms with Crippen LogP contribution in [0, 0.1) is 0 Å². The molecule has 15 aromatic rings. The minimum absolute atomic E-state index is 0. The topological polar surface area (TPSA) is 373 Å². The Bertz CT molecular complexity index is 5410. The van der Waals surface area contributed by atoms with E-state index in [0.717, 1.165) is 0 Å². The normalized spacial score (nSPS) is 10.7. The van der Waals surface area contributed by atoms with E-state index in [4.69, 9.17) is 57.8 Å². The van der Waals surface area contributed by atoms with Gasteiger partial charge < -0.3 is 47.9 Å². The van der Waals surface area contributed by atoms with Gasteiger partial charge in [0.2, 0.25) is 0 Å². The maximum Gasteiger partial charge on any atom is 2.00 e. The van der Waals surface area contributed by atoms with Crippen LogP contribution in [0.2, 0.25) is 0 Å². The SMILES string of the molecule is CC.CC.CC.CC.CC.CC.CC.CC.CCn1cc(COc2cc(OCc3cn(CC)nn3)cc(-c3c4nc(c(-c5cc(OCc6cn(CC)nn6)cc(OCc6cn(CC)nn6)c5)c5ccc([n-]5)c(-c5cc(OCc6cn(CC)nn6)cc(OCc6cn(CC)nn6)c5)c5nc(c(-c6cc(OCc7cn(CC)nn7)cc(OCc7cn(CC)nn7)c6)c6ccc3[n-]6)C=C5)C=C4)c2)nn1.[Zn+2]. The quantitative estimate of drug-likeness (QED) is 0.0329. The van der Waals surface area contributed by atoms with Crippen LogP contribution in [0.5, 0.6) is 46.0 Å². The number of aryl methyl sites for hydroxylation is 8. The fourth-order valence-electron chi connectivity index (χ4n) is 13.5. The number of aromatic nitrogens is 28. The van der Waals surface area contributed by atoms with Crippen LogP contribution in [-0.4, -0.2) is 130 Å². The fourth-order valence-corrected chi connectivity index (χ4v) is 13.5. The fraction of sp³-hybridized carbons (Fsp3) is 0.400. The summed E-state index contributed by atoms with van der Waals surface area (Å²) in [6, 6.07) is 30.8. The summed E-state index contributed by atoms with van der Waals surface area (Å²) in [7, 11) is 0. The van der Waals surface area contributed by atoms with Crippen LogP contribution >= 0.6 is 0 Å². The van der Waals surface area contributed by atoms with E-state index in [1.807, 2.05) is 337 Å². The van der Waals surface area contributed by atoms with Crippen molar-refractivity contribution in [2.45, 2.75) is 271 Å². The zero-order valence-corrected chi connectivity index (χ0v) is 86.9. The van der Waals surface area contributed by atoms with Crippen LogP contribution in [0.15, 0.2) is 147 Å². The molecule has 0 saturated carbocycles. The molecule has 13 heterocycles. The summed E-state index contributed by atoms with van der Waals surface area (Å²) in [5.74, 6) is 3.61. The number of benzene rings is 4. The number of nitrogens with zero attached hydrogens (tertiary/aromatic N) is 28. The Labute approximate surface area is 815 Å². The summed E-state index contributed by atoms with van der Waals surface area (Å²) in [6.45, 7) is 53.6. The van der Waals surface area contributed by atoms with Crippen molar-refractivity contribution < 1.29 is 57.4 Å². The zero-order valence-electron chi connectivity index (χ0n) is 84.0. The largest absolute Gasteiger partial charge is 2.00 e. The maximum absolute atomic E-state index is 6.72. The van der Waals surface area contributed by atoms with Gasteiger partial charge in [-0.1, -0.05) is 177 Å². The standard InChI is InChI=1S/C84H84N28O8.8C2H6.Zn/c1-9-105-37-57(89-97-105)45-113-65-25-53(26-66(33-65)114-46-58-38-106(10-2)98-90-58)81-73-17-19-75(85-73)82(54-27-67(115-47-59-39-107(11-3)99-91-59)34-68(28-54)116-48-60-40-108(12-4)100-92-60)77-21-23-79(87-77)84(56-31-71(119-51-63-43-111(15-7)103-95-63)36-72(32-56)120-52-64-44-112(16-8)104-96-64)80-24-22-78(88-80)83(76-20-18-74(81)86-76)55-29-69(117-49-61-41-109(13-5)101-93-61)35-70(30-55)118-50-62-42-110(14-6)102-94-62;8*1-2;/h17-44H,9-16,45-52H2,1-8H3;8*1-2H3;/q-2;;;;;;;;;+2. The average molecular weight is 1920 g/mol. The molecule has 8 bridgehead atoms. The minimum atomic E-state index is 0. The van der Waals surface area contributed by atoms with E-state index >= 15 is 0 Å². The predicted octanol–water partition coefficient (Wildman–Crippen LogP) is 20.3. The Balaban J connectivity index is 0.00000129. The molecule has 4 aromatic carbocycles. The van der Waals surface area contributed by atoms with Crippen LogP contribution in [0.3, 0.4) is 0 Å². The molecule has 0 radical (unpaired) electrons. The van der Waals surface area contributed by atoms with Crippen molar-refractivity contribution in [2.75, 3.05) is 0 Å². The predicted molar refractivity (Wildman–Crippen MR) is 530 cm³/mol. The Kier molecular flexibility index (Phi) is 44.2. The third-order valence-electron chi connectivity index (χ3n) is 19.7. The third kappa shape index (κ3) is 28.8. The molecular formula is C100H132N28O8Zn. The van der Waals surface area contributed by atoms with Crippen LogP contribution in [0.4, 0.5) is 0 Å². The van der Waals surface area contributed by atoms with Gasteiger partial charge in [0.05, 0.1) is 72.4 Å². The van der Waals surface area contributed by atoms with Crippen molar-refractivity contribution >= 4 is 46.4 Å². The van der Waals surface area contributed by atoms with Crippen molar-refractivity contribution in [3.63, 3.8) is 0 Å². The third-order valence-corrected chi connectivity index (χ3v) is 19.7. The number of rotatable bonds is 36. The zero-order chi connectivity index (χ0) is 98.0. The van der Waals surface area contributed by atoms with E-state index in [-0.39, 0.29) is 72.3 Å². The summed E-state index contributed by atoms with van der Waals surface area (Å²) in [4.78, 5) is 23.0. The first-order chi connectivity index (χ1) is 66.8. The van der Waals surface area contributed by atoms with E-state index in [1.54, 1.807) is 37.5 Å². The second-order valence-electron chi connectivity index (χ2n) is 28.0. The van der Waals surface area contributed by atoms with E-state index in [9.17, 15) is 0 Å². The van der Waals surface area contributed by atoms with Crippen LogP contribution < -0.4 is 47.9 Å². The van der Waals surface area contributed by atoms with Gasteiger partial charge >= 0.3 is 19.5 Å². The van der Waals surface area contributed by atoms with E-state index in [1.165, 1.54) is 0 Å². The molecule has 0 atom stereocenters. The second-order valence-corrected chi connectivity index (χ2v) is 28.0. The van der Waals surface area contributed by atoms with E-state index < -0.39 is 0 Å². The number of fused-ring (bicyclic) bond motifs is 8.